The van der Waals surface area contributed by atoms with Crippen LogP contribution in [0.15, 0.2) is 36.4 Å². The highest BCUT2D eigenvalue weighted by atomic mass is 19.1. The van der Waals surface area contributed by atoms with Crippen LogP contribution in [-0.4, -0.2) is 29.8 Å². The summed E-state index contributed by atoms with van der Waals surface area (Å²) in [5.41, 5.74) is 4.00. The Morgan fingerprint density at radius 3 is 2.82 bits per heavy atom. The Hall–Kier alpha value is -2.73. The monoisotopic (exact) mass is 381 g/mol. The van der Waals surface area contributed by atoms with Gasteiger partial charge in [-0.15, -0.1) is 0 Å². The minimum Gasteiger partial charge on any atom is -0.338 e. The molecule has 2 aromatic rings. The normalized spacial score (nSPS) is 18.9. The van der Waals surface area contributed by atoms with Gasteiger partial charge in [0.25, 0.3) is 0 Å². The average Bonchev–Trinajstić information content (AvgIpc) is 3.06. The van der Waals surface area contributed by atoms with E-state index < -0.39 is 5.92 Å². The molecule has 0 radical (unpaired) electrons. The van der Waals surface area contributed by atoms with Crippen LogP contribution in [0.1, 0.15) is 28.7 Å². The summed E-state index contributed by atoms with van der Waals surface area (Å²) in [6.07, 6.45) is 0.769. The van der Waals surface area contributed by atoms with Gasteiger partial charge in [-0.05, 0) is 42.6 Å². The fourth-order valence-electron chi connectivity index (χ4n) is 3.88. The number of amides is 2. The summed E-state index contributed by atoms with van der Waals surface area (Å²) in [6, 6.07) is 11.5. The molecule has 4 rings (SSSR count). The highest BCUT2D eigenvalue weighted by Crippen LogP contribution is 2.27. The van der Waals surface area contributed by atoms with Crippen molar-refractivity contribution in [2.24, 2.45) is 5.92 Å². The molecule has 146 valence electrons. The third kappa shape index (κ3) is 3.78. The first kappa shape index (κ1) is 18.6. The van der Waals surface area contributed by atoms with Gasteiger partial charge in [0.05, 0.1) is 11.6 Å². The first-order chi connectivity index (χ1) is 13.5. The molecule has 2 heterocycles. The van der Waals surface area contributed by atoms with Crippen molar-refractivity contribution < 1.29 is 14.0 Å². The number of rotatable bonds is 4. The first-order valence-corrected chi connectivity index (χ1v) is 9.66. The SMILES string of the molecule is Cc1ccc(CN2CC(C(=O)Nc3ccc4c(c3F)CCNC4)CC2=O)cc1. The molecule has 1 fully saturated rings. The number of carbonyl (C=O) groups excluding carboxylic acids is 2. The molecule has 0 bridgehead atoms. The van der Waals surface area contributed by atoms with Crippen molar-refractivity contribution in [2.75, 3.05) is 18.4 Å². The molecule has 6 heteroatoms. The van der Waals surface area contributed by atoms with Gasteiger partial charge >= 0.3 is 0 Å². The highest BCUT2D eigenvalue weighted by Gasteiger charge is 2.34. The Kier molecular flexibility index (Phi) is 5.13. The lowest BCUT2D eigenvalue weighted by Gasteiger charge is -2.20. The van der Waals surface area contributed by atoms with Crippen molar-refractivity contribution in [3.63, 3.8) is 0 Å². The Morgan fingerprint density at radius 1 is 1.25 bits per heavy atom. The lowest BCUT2D eigenvalue weighted by Crippen LogP contribution is -2.29. The van der Waals surface area contributed by atoms with Crippen LogP contribution in [0.25, 0.3) is 0 Å². The molecule has 0 saturated carbocycles. The van der Waals surface area contributed by atoms with Crippen molar-refractivity contribution in [2.45, 2.75) is 32.9 Å². The van der Waals surface area contributed by atoms with Gasteiger partial charge in [0.1, 0.15) is 5.82 Å². The van der Waals surface area contributed by atoms with Crippen LogP contribution in [0.3, 0.4) is 0 Å². The number of hydrogen-bond donors (Lipinski definition) is 2. The van der Waals surface area contributed by atoms with Crippen LogP contribution in [0.4, 0.5) is 10.1 Å². The summed E-state index contributed by atoms with van der Waals surface area (Å²) < 4.78 is 14.8. The third-order valence-electron chi connectivity index (χ3n) is 5.54. The van der Waals surface area contributed by atoms with Crippen LogP contribution < -0.4 is 10.6 Å². The second-order valence-corrected chi connectivity index (χ2v) is 7.64. The summed E-state index contributed by atoms with van der Waals surface area (Å²) in [7, 11) is 0. The minimum atomic E-state index is -0.463. The lowest BCUT2D eigenvalue weighted by molar-refractivity contribution is -0.128. The number of fused-ring (bicyclic) bond motifs is 1. The Morgan fingerprint density at radius 2 is 2.04 bits per heavy atom. The fourth-order valence-corrected chi connectivity index (χ4v) is 3.88. The molecular weight excluding hydrogens is 357 g/mol. The van der Waals surface area contributed by atoms with E-state index in [2.05, 4.69) is 10.6 Å². The first-order valence-electron chi connectivity index (χ1n) is 9.66. The second-order valence-electron chi connectivity index (χ2n) is 7.64. The van der Waals surface area contributed by atoms with Gasteiger partial charge in [0.2, 0.25) is 11.8 Å². The van der Waals surface area contributed by atoms with Crippen LogP contribution in [0, 0.1) is 18.7 Å². The van der Waals surface area contributed by atoms with Crippen molar-refractivity contribution in [1.29, 1.82) is 0 Å². The van der Waals surface area contributed by atoms with Crippen molar-refractivity contribution >= 4 is 17.5 Å². The topological polar surface area (TPSA) is 61.4 Å². The number of aryl methyl sites for hydroxylation is 1. The Labute approximate surface area is 163 Å². The van der Waals surface area contributed by atoms with Gasteiger partial charge in [-0.25, -0.2) is 4.39 Å². The zero-order valence-corrected chi connectivity index (χ0v) is 15.9. The maximum absolute atomic E-state index is 14.8. The molecule has 28 heavy (non-hydrogen) atoms. The second kappa shape index (κ2) is 7.72. The van der Waals surface area contributed by atoms with Crippen molar-refractivity contribution in [3.8, 4) is 0 Å². The molecule has 0 aromatic heterocycles. The van der Waals surface area contributed by atoms with E-state index in [1.165, 1.54) is 0 Å². The van der Waals surface area contributed by atoms with Crippen LogP contribution in [0.5, 0.6) is 0 Å². The Balaban J connectivity index is 1.42. The maximum atomic E-state index is 14.8. The van der Waals surface area contributed by atoms with E-state index in [4.69, 9.17) is 0 Å². The number of hydrogen-bond acceptors (Lipinski definition) is 3. The summed E-state index contributed by atoms with van der Waals surface area (Å²) in [5.74, 6) is -1.16. The maximum Gasteiger partial charge on any atom is 0.229 e. The molecule has 0 spiro atoms. The fraction of sp³-hybridized carbons (Fsp3) is 0.364. The third-order valence-corrected chi connectivity index (χ3v) is 5.54. The van der Waals surface area contributed by atoms with Crippen LogP contribution in [-0.2, 0) is 29.1 Å². The molecule has 2 amide bonds. The standard InChI is InChI=1S/C22H24FN3O2/c1-14-2-4-15(5-3-14)12-26-13-17(10-20(26)27)22(28)25-19-7-6-16-11-24-9-8-18(16)21(19)23/h2-7,17,24H,8-13H2,1H3,(H,25,28). The quantitative estimate of drug-likeness (QED) is 0.856. The van der Waals surface area contributed by atoms with Gasteiger partial charge in [0, 0.05) is 26.1 Å². The number of nitrogens with one attached hydrogen (secondary N) is 2. The molecule has 1 atom stereocenters. The summed E-state index contributed by atoms with van der Waals surface area (Å²) in [5, 5.41) is 5.91. The minimum absolute atomic E-state index is 0.0438. The molecule has 1 unspecified atom stereocenters. The summed E-state index contributed by atoms with van der Waals surface area (Å²) in [6.45, 7) is 4.23. The lowest BCUT2D eigenvalue weighted by atomic mass is 9.99. The molecule has 2 aliphatic rings. The smallest absolute Gasteiger partial charge is 0.229 e. The number of likely N-dealkylation sites (tertiary alicyclic amines) is 1. The van der Waals surface area contributed by atoms with Crippen molar-refractivity contribution in [1.82, 2.24) is 10.2 Å². The molecule has 5 nitrogen and oxygen atoms in total. The average molecular weight is 381 g/mol. The van der Waals surface area contributed by atoms with Crippen LogP contribution >= 0.6 is 0 Å². The zero-order chi connectivity index (χ0) is 19.7. The number of anilines is 1. The molecular formula is C22H24FN3O2. The molecule has 2 N–H and O–H groups in total. The van der Waals surface area contributed by atoms with Gasteiger partial charge < -0.3 is 15.5 Å². The van der Waals surface area contributed by atoms with Gasteiger partial charge in [-0.3, -0.25) is 9.59 Å². The largest absolute Gasteiger partial charge is 0.338 e. The van der Waals surface area contributed by atoms with Crippen LogP contribution in [0.2, 0.25) is 0 Å². The summed E-state index contributed by atoms with van der Waals surface area (Å²) >= 11 is 0. The van der Waals surface area contributed by atoms with Gasteiger partial charge in [-0.1, -0.05) is 35.9 Å². The molecule has 0 aliphatic carbocycles. The van der Waals surface area contributed by atoms with E-state index in [0.717, 1.165) is 23.2 Å². The van der Waals surface area contributed by atoms with Crippen molar-refractivity contribution in [3.05, 3.63) is 64.5 Å². The molecule has 1 saturated heterocycles. The van der Waals surface area contributed by atoms with E-state index in [9.17, 15) is 14.0 Å². The zero-order valence-electron chi connectivity index (χ0n) is 15.9. The number of carbonyl (C=O) groups is 2. The number of benzene rings is 2. The van der Waals surface area contributed by atoms with Gasteiger partial charge in [-0.2, -0.15) is 0 Å². The van der Waals surface area contributed by atoms with Gasteiger partial charge in [0.15, 0.2) is 0 Å². The molecule has 2 aromatic carbocycles. The highest BCUT2D eigenvalue weighted by molar-refractivity contribution is 5.97. The predicted octanol–water partition coefficient (Wildman–Crippen LogP) is 2.77. The predicted molar refractivity (Wildman–Crippen MR) is 105 cm³/mol. The van der Waals surface area contributed by atoms with E-state index >= 15 is 0 Å². The van der Waals surface area contributed by atoms with E-state index in [-0.39, 0.29) is 29.7 Å². The Bertz CT molecular complexity index is 911. The summed E-state index contributed by atoms with van der Waals surface area (Å²) in [4.78, 5) is 26.7. The van der Waals surface area contributed by atoms with E-state index in [1.54, 1.807) is 11.0 Å². The number of nitrogens with zero attached hydrogens (tertiary/aromatic N) is 1. The van der Waals surface area contributed by atoms with E-state index in [0.29, 0.717) is 31.6 Å². The van der Waals surface area contributed by atoms with E-state index in [1.807, 2.05) is 37.3 Å². The number of halogens is 1. The molecule has 2 aliphatic heterocycles.